The van der Waals surface area contributed by atoms with Gasteiger partial charge in [-0.3, -0.25) is 9.59 Å². The molecule has 48 heavy (non-hydrogen) atoms. The van der Waals surface area contributed by atoms with Crippen molar-refractivity contribution in [2.24, 2.45) is 5.73 Å². The molecule has 12 nitrogen and oxygen atoms in total. The molecule has 2 fully saturated rings. The molecule has 0 saturated carbocycles. The number of likely N-dealkylation sites (tertiary alicyclic amines) is 2. The molecule has 3 amide bonds. The van der Waals surface area contributed by atoms with Crippen LogP contribution in [0.1, 0.15) is 62.3 Å². The fraction of sp³-hybridized carbons (Fsp3) is 0.361. The molecule has 6 rings (SSSR count). The van der Waals surface area contributed by atoms with Crippen LogP contribution in [0.25, 0.3) is 33.4 Å². The Bertz CT molecular complexity index is 1810. The van der Waals surface area contributed by atoms with Crippen LogP contribution in [0, 0.1) is 0 Å². The lowest BCUT2D eigenvalue weighted by Crippen LogP contribution is -2.48. The quantitative estimate of drug-likeness (QED) is 0.163. The van der Waals surface area contributed by atoms with Gasteiger partial charge in [0.15, 0.2) is 0 Å². The molecule has 12 heteroatoms. The fourth-order valence-corrected chi connectivity index (χ4v) is 6.77. The van der Waals surface area contributed by atoms with Crippen LogP contribution in [0.3, 0.4) is 0 Å². The summed E-state index contributed by atoms with van der Waals surface area (Å²) in [6, 6.07) is 12.6. The molecule has 0 spiro atoms. The number of nitrogens with zero attached hydrogens (tertiary/aromatic N) is 4. The Morgan fingerprint density at radius 1 is 0.938 bits per heavy atom. The lowest BCUT2D eigenvalue weighted by molar-refractivity contribution is -0.134. The normalized spacial score (nSPS) is 18.9. The maximum atomic E-state index is 13.4. The number of carbonyl (C=O) groups excluding carboxylic acids is 3. The molecule has 4 atom stereocenters. The van der Waals surface area contributed by atoms with Crippen molar-refractivity contribution in [3.8, 4) is 22.4 Å². The monoisotopic (exact) mass is 650 g/mol. The van der Waals surface area contributed by atoms with E-state index in [-0.39, 0.29) is 23.9 Å². The first-order chi connectivity index (χ1) is 23.3. The molecule has 0 bridgehead atoms. The van der Waals surface area contributed by atoms with Crippen LogP contribution in [0.15, 0.2) is 74.0 Å². The van der Waals surface area contributed by atoms with E-state index in [1.54, 1.807) is 17.1 Å². The van der Waals surface area contributed by atoms with Crippen molar-refractivity contribution in [3.05, 3.63) is 85.6 Å². The SMILES string of the molecule is C=CC[C@H](NC(=O)OC)C(=O)N1CCC[C@H]1c1nc2ccc(-c3ccc(-c4cnc([C@@H]5CCCN5C(=O)[C@@H](N)CC=C)[nH]4)cc3)cc2[nH]1. The summed E-state index contributed by atoms with van der Waals surface area (Å²) < 4.78 is 4.72. The van der Waals surface area contributed by atoms with Gasteiger partial charge in [0.05, 0.1) is 48.2 Å². The average Bonchev–Trinajstić information content (AvgIpc) is 3.93. The lowest BCUT2D eigenvalue weighted by atomic mass is 10.0. The van der Waals surface area contributed by atoms with Gasteiger partial charge in [-0.05, 0) is 67.3 Å². The molecule has 4 heterocycles. The Labute approximate surface area is 279 Å². The first-order valence-corrected chi connectivity index (χ1v) is 16.4. The molecule has 4 aromatic rings. The summed E-state index contributed by atoms with van der Waals surface area (Å²) in [7, 11) is 1.27. The molecule has 2 aliphatic heterocycles. The Kier molecular flexibility index (Phi) is 9.72. The van der Waals surface area contributed by atoms with Crippen molar-refractivity contribution < 1.29 is 19.1 Å². The summed E-state index contributed by atoms with van der Waals surface area (Å²) >= 11 is 0. The third-order valence-electron chi connectivity index (χ3n) is 9.24. The second-order valence-electron chi connectivity index (χ2n) is 12.3. The lowest BCUT2D eigenvalue weighted by Gasteiger charge is -2.27. The topological polar surface area (TPSA) is 162 Å². The second-order valence-corrected chi connectivity index (χ2v) is 12.3. The van der Waals surface area contributed by atoms with Gasteiger partial charge in [0.25, 0.3) is 0 Å². The molecule has 0 unspecified atom stereocenters. The molecule has 5 N–H and O–H groups in total. The van der Waals surface area contributed by atoms with E-state index in [1.165, 1.54) is 7.11 Å². The van der Waals surface area contributed by atoms with E-state index >= 15 is 0 Å². The molecule has 2 aromatic heterocycles. The van der Waals surface area contributed by atoms with Crippen molar-refractivity contribution in [1.29, 1.82) is 0 Å². The molecular formula is C36H42N8O4. The Morgan fingerprint density at radius 3 is 2.27 bits per heavy atom. The number of imidazole rings is 2. The minimum Gasteiger partial charge on any atom is -0.453 e. The summed E-state index contributed by atoms with van der Waals surface area (Å²) in [5.41, 5.74) is 11.7. The summed E-state index contributed by atoms with van der Waals surface area (Å²) in [5, 5.41) is 2.63. The van der Waals surface area contributed by atoms with Crippen molar-refractivity contribution in [1.82, 2.24) is 35.1 Å². The van der Waals surface area contributed by atoms with Crippen LogP contribution in [0.4, 0.5) is 4.79 Å². The summed E-state index contributed by atoms with van der Waals surface area (Å²) in [5.74, 6) is 1.24. The highest BCUT2D eigenvalue weighted by Crippen LogP contribution is 2.35. The predicted octanol–water partition coefficient (Wildman–Crippen LogP) is 5.15. The predicted molar refractivity (Wildman–Crippen MR) is 183 cm³/mol. The van der Waals surface area contributed by atoms with Gasteiger partial charge in [0.1, 0.15) is 17.7 Å². The van der Waals surface area contributed by atoms with E-state index in [0.717, 1.165) is 70.7 Å². The zero-order valence-electron chi connectivity index (χ0n) is 27.2. The van der Waals surface area contributed by atoms with E-state index in [1.807, 2.05) is 23.2 Å². The third-order valence-corrected chi connectivity index (χ3v) is 9.24. The number of hydrogen-bond acceptors (Lipinski definition) is 7. The smallest absolute Gasteiger partial charge is 0.407 e. The van der Waals surface area contributed by atoms with E-state index in [0.29, 0.717) is 25.9 Å². The van der Waals surface area contributed by atoms with E-state index in [2.05, 4.69) is 63.8 Å². The van der Waals surface area contributed by atoms with Gasteiger partial charge in [-0.1, -0.05) is 42.5 Å². The third kappa shape index (κ3) is 6.61. The fourth-order valence-electron chi connectivity index (χ4n) is 6.77. The zero-order chi connectivity index (χ0) is 33.8. The molecular weight excluding hydrogens is 608 g/mol. The van der Waals surface area contributed by atoms with E-state index < -0.39 is 18.2 Å². The Morgan fingerprint density at radius 2 is 1.58 bits per heavy atom. The van der Waals surface area contributed by atoms with E-state index in [4.69, 9.17) is 15.5 Å². The van der Waals surface area contributed by atoms with Crippen molar-refractivity contribution >= 4 is 28.9 Å². The number of fused-ring (bicyclic) bond motifs is 1. The number of methoxy groups -OCH3 is 1. The number of nitrogens with two attached hydrogens (primary N) is 1. The molecule has 0 radical (unpaired) electrons. The van der Waals surface area contributed by atoms with Gasteiger partial charge >= 0.3 is 6.09 Å². The number of rotatable bonds is 11. The Balaban J connectivity index is 1.16. The van der Waals surface area contributed by atoms with Gasteiger partial charge in [-0.2, -0.15) is 0 Å². The van der Waals surface area contributed by atoms with Gasteiger partial charge < -0.3 is 35.6 Å². The number of aromatic nitrogens is 4. The first-order valence-electron chi connectivity index (χ1n) is 16.4. The van der Waals surface area contributed by atoms with Gasteiger partial charge in [-0.15, -0.1) is 13.2 Å². The summed E-state index contributed by atoms with van der Waals surface area (Å²) in [6.45, 7) is 8.68. The zero-order valence-corrected chi connectivity index (χ0v) is 27.2. The average molecular weight is 651 g/mol. The number of ether oxygens (including phenoxy) is 1. The maximum absolute atomic E-state index is 13.4. The van der Waals surface area contributed by atoms with Crippen LogP contribution >= 0.6 is 0 Å². The van der Waals surface area contributed by atoms with Crippen molar-refractivity contribution in [3.63, 3.8) is 0 Å². The molecule has 2 aromatic carbocycles. The van der Waals surface area contributed by atoms with Gasteiger partial charge in [0, 0.05) is 13.1 Å². The van der Waals surface area contributed by atoms with Crippen molar-refractivity contribution in [2.75, 3.05) is 20.2 Å². The number of benzene rings is 2. The number of alkyl carbamates (subject to hydrolysis) is 1. The number of H-pyrrole nitrogens is 2. The van der Waals surface area contributed by atoms with Crippen LogP contribution in [0.5, 0.6) is 0 Å². The Hall–Kier alpha value is -5.23. The number of nitrogens with one attached hydrogen (secondary N) is 3. The summed E-state index contributed by atoms with van der Waals surface area (Å²) in [6.07, 6.45) is 8.55. The molecule has 250 valence electrons. The minimum atomic E-state index is -0.754. The highest BCUT2D eigenvalue weighted by molar-refractivity contribution is 5.87. The largest absolute Gasteiger partial charge is 0.453 e. The molecule has 2 aliphatic rings. The summed E-state index contributed by atoms with van der Waals surface area (Å²) in [4.78, 5) is 58.2. The van der Waals surface area contributed by atoms with Crippen LogP contribution in [0.2, 0.25) is 0 Å². The second kappa shape index (κ2) is 14.3. The standard InChI is InChI=1S/C36H42N8O4/c1-4-8-25(37)34(45)43-18-6-10-30(43)32-38-21-29(41-32)23-14-12-22(13-15-23)24-16-17-26-28(20-24)40-33(39-26)31-11-7-19-44(31)35(46)27(9-5-2)42-36(47)48-3/h4-5,12-17,20-21,25,27,30-31H,1-2,6-11,18-19,37H2,3H3,(H,38,41)(H,39,40)(H,42,47)/t25-,27-,30-,31-/m0/s1. The van der Waals surface area contributed by atoms with E-state index in [9.17, 15) is 14.4 Å². The highest BCUT2D eigenvalue weighted by Gasteiger charge is 2.36. The van der Waals surface area contributed by atoms with Crippen LogP contribution in [-0.4, -0.2) is 79.9 Å². The number of carbonyl (C=O) groups is 3. The maximum Gasteiger partial charge on any atom is 0.407 e. The van der Waals surface area contributed by atoms with Crippen molar-refractivity contribution in [2.45, 2.75) is 62.7 Å². The highest BCUT2D eigenvalue weighted by atomic mass is 16.5. The van der Waals surface area contributed by atoms with Gasteiger partial charge in [-0.25, -0.2) is 14.8 Å². The number of amides is 3. The number of aromatic amines is 2. The van der Waals surface area contributed by atoms with Crippen LogP contribution < -0.4 is 11.1 Å². The molecule has 0 aliphatic carbocycles. The van der Waals surface area contributed by atoms with Crippen LogP contribution in [-0.2, 0) is 14.3 Å². The minimum absolute atomic E-state index is 0.0692. The first kappa shape index (κ1) is 32.7. The number of hydrogen-bond donors (Lipinski definition) is 4. The molecule has 2 saturated heterocycles. The van der Waals surface area contributed by atoms with Gasteiger partial charge in [0.2, 0.25) is 11.8 Å².